The van der Waals surface area contributed by atoms with E-state index in [0.717, 1.165) is 19.8 Å². The number of hydrogen-bond acceptors (Lipinski definition) is 2. The van der Waals surface area contributed by atoms with Crippen LogP contribution in [0.5, 0.6) is 0 Å². The van der Waals surface area contributed by atoms with Crippen LogP contribution >= 0.6 is 0 Å². The van der Waals surface area contributed by atoms with Crippen molar-refractivity contribution in [3.05, 3.63) is 24.8 Å². The standard InChI is InChI=1S/C6H13NO.C5H8/c1-7-3-2-5-8-6-4-7;1-3-5-4-2/h2-6H2,1H3;3-5H,1H2,2H3/b;5-4+. The first kappa shape index (κ1) is 12.4. The topological polar surface area (TPSA) is 12.5 Å². The van der Waals surface area contributed by atoms with Gasteiger partial charge in [0.1, 0.15) is 0 Å². The van der Waals surface area contributed by atoms with Crippen LogP contribution in [0.3, 0.4) is 0 Å². The van der Waals surface area contributed by atoms with Gasteiger partial charge in [-0.15, -0.1) is 0 Å². The van der Waals surface area contributed by atoms with Crippen molar-refractivity contribution >= 4 is 0 Å². The Bertz CT molecular complexity index is 135. The van der Waals surface area contributed by atoms with Crippen molar-refractivity contribution in [1.29, 1.82) is 0 Å². The van der Waals surface area contributed by atoms with Gasteiger partial charge in [0.25, 0.3) is 0 Å². The molecule has 2 nitrogen and oxygen atoms in total. The summed E-state index contributed by atoms with van der Waals surface area (Å²) in [5, 5.41) is 0. The molecule has 0 saturated carbocycles. The van der Waals surface area contributed by atoms with Gasteiger partial charge in [0, 0.05) is 19.7 Å². The number of rotatable bonds is 1. The lowest BCUT2D eigenvalue weighted by Gasteiger charge is -2.09. The molecule has 0 radical (unpaired) electrons. The average Bonchev–Trinajstić information content (AvgIpc) is 2.35. The number of likely N-dealkylation sites (N-methyl/N-ethyl adjacent to an activating group) is 1. The van der Waals surface area contributed by atoms with Crippen LogP contribution in [0.4, 0.5) is 0 Å². The molecule has 0 spiro atoms. The normalized spacial score (nSPS) is 18.9. The van der Waals surface area contributed by atoms with E-state index >= 15 is 0 Å². The summed E-state index contributed by atoms with van der Waals surface area (Å²) in [4.78, 5) is 2.30. The molecule has 0 aromatic carbocycles. The smallest absolute Gasteiger partial charge is 0.0593 e. The molecule has 0 bridgehead atoms. The van der Waals surface area contributed by atoms with E-state index in [2.05, 4.69) is 18.5 Å². The number of hydrogen-bond donors (Lipinski definition) is 0. The highest BCUT2D eigenvalue weighted by Crippen LogP contribution is 1.93. The summed E-state index contributed by atoms with van der Waals surface area (Å²) in [7, 11) is 2.13. The quantitative estimate of drug-likeness (QED) is 0.577. The Kier molecular flexibility index (Phi) is 9.05. The Morgan fingerprint density at radius 1 is 1.31 bits per heavy atom. The first-order valence-electron chi connectivity index (χ1n) is 4.81. The predicted molar refractivity (Wildman–Crippen MR) is 57.9 cm³/mol. The van der Waals surface area contributed by atoms with Crippen LogP contribution in [-0.4, -0.2) is 38.3 Å². The highest BCUT2D eigenvalue weighted by Gasteiger charge is 2.01. The third-order valence-corrected chi connectivity index (χ3v) is 1.77. The minimum absolute atomic E-state index is 0.913. The van der Waals surface area contributed by atoms with Crippen LogP contribution in [0.1, 0.15) is 13.3 Å². The fourth-order valence-electron chi connectivity index (χ4n) is 1.01. The van der Waals surface area contributed by atoms with Crippen LogP contribution in [0, 0.1) is 0 Å². The molecule has 13 heavy (non-hydrogen) atoms. The second-order valence-electron chi connectivity index (χ2n) is 3.03. The van der Waals surface area contributed by atoms with E-state index in [0.29, 0.717) is 0 Å². The Morgan fingerprint density at radius 3 is 2.62 bits per heavy atom. The van der Waals surface area contributed by atoms with Gasteiger partial charge in [-0.25, -0.2) is 0 Å². The van der Waals surface area contributed by atoms with Crippen molar-refractivity contribution < 1.29 is 4.74 Å². The van der Waals surface area contributed by atoms with Crippen molar-refractivity contribution in [1.82, 2.24) is 4.90 Å². The van der Waals surface area contributed by atoms with Crippen molar-refractivity contribution in [3.63, 3.8) is 0 Å². The highest BCUT2D eigenvalue weighted by molar-refractivity contribution is 4.94. The highest BCUT2D eigenvalue weighted by atomic mass is 16.5. The zero-order valence-corrected chi connectivity index (χ0v) is 8.83. The van der Waals surface area contributed by atoms with Gasteiger partial charge in [-0.2, -0.15) is 0 Å². The van der Waals surface area contributed by atoms with Gasteiger partial charge >= 0.3 is 0 Å². The van der Waals surface area contributed by atoms with E-state index in [-0.39, 0.29) is 0 Å². The Balaban J connectivity index is 0.000000252. The summed E-state index contributed by atoms with van der Waals surface area (Å²) >= 11 is 0. The summed E-state index contributed by atoms with van der Waals surface area (Å²) < 4.78 is 5.22. The first-order chi connectivity index (χ1) is 6.31. The molecule has 76 valence electrons. The Hall–Kier alpha value is -0.600. The molecule has 0 aliphatic carbocycles. The first-order valence-corrected chi connectivity index (χ1v) is 4.81. The number of ether oxygens (including phenoxy) is 1. The molecule has 0 atom stereocenters. The molecule has 1 aliphatic heterocycles. The molecule has 0 aromatic rings. The maximum absolute atomic E-state index is 5.22. The third-order valence-electron chi connectivity index (χ3n) is 1.77. The predicted octanol–water partition coefficient (Wildman–Crippen LogP) is 2.09. The van der Waals surface area contributed by atoms with E-state index in [4.69, 9.17) is 4.74 Å². The molecular formula is C11H21NO. The van der Waals surface area contributed by atoms with Gasteiger partial charge in [-0.05, 0) is 20.4 Å². The van der Waals surface area contributed by atoms with E-state index in [1.54, 1.807) is 6.08 Å². The molecule has 1 fully saturated rings. The summed E-state index contributed by atoms with van der Waals surface area (Å²) in [6.07, 6.45) is 6.77. The summed E-state index contributed by atoms with van der Waals surface area (Å²) in [5.74, 6) is 0. The SMILES string of the molecule is C=C/C=C/C.CN1CCCOCC1. The summed E-state index contributed by atoms with van der Waals surface area (Å²) in [5.41, 5.74) is 0. The van der Waals surface area contributed by atoms with Gasteiger partial charge in [0.05, 0.1) is 6.61 Å². The van der Waals surface area contributed by atoms with Crippen LogP contribution < -0.4 is 0 Å². The fourth-order valence-corrected chi connectivity index (χ4v) is 1.01. The fraction of sp³-hybridized carbons (Fsp3) is 0.636. The Labute approximate surface area is 81.9 Å². The van der Waals surface area contributed by atoms with Crippen LogP contribution in [0.25, 0.3) is 0 Å². The molecule has 0 aromatic heterocycles. The molecule has 0 N–H and O–H groups in total. The van der Waals surface area contributed by atoms with Crippen molar-refractivity contribution in [3.8, 4) is 0 Å². The molecular weight excluding hydrogens is 162 g/mol. The molecule has 0 unspecified atom stereocenters. The molecule has 2 heteroatoms. The van der Waals surface area contributed by atoms with Crippen LogP contribution in [-0.2, 0) is 4.74 Å². The van der Waals surface area contributed by atoms with E-state index in [9.17, 15) is 0 Å². The van der Waals surface area contributed by atoms with E-state index < -0.39 is 0 Å². The van der Waals surface area contributed by atoms with Gasteiger partial charge in [0.2, 0.25) is 0 Å². The summed E-state index contributed by atoms with van der Waals surface area (Å²) in [6.45, 7) is 9.58. The lowest BCUT2D eigenvalue weighted by Crippen LogP contribution is -2.20. The minimum atomic E-state index is 0.913. The van der Waals surface area contributed by atoms with Crippen molar-refractivity contribution in [2.24, 2.45) is 0 Å². The van der Waals surface area contributed by atoms with Gasteiger partial charge in [-0.1, -0.05) is 24.8 Å². The zero-order valence-electron chi connectivity index (χ0n) is 8.83. The zero-order chi connectivity index (χ0) is 9.94. The van der Waals surface area contributed by atoms with E-state index in [1.807, 2.05) is 19.1 Å². The molecule has 1 aliphatic rings. The third kappa shape index (κ3) is 9.31. The van der Waals surface area contributed by atoms with Crippen molar-refractivity contribution in [2.75, 3.05) is 33.4 Å². The van der Waals surface area contributed by atoms with Gasteiger partial charge < -0.3 is 9.64 Å². The largest absolute Gasteiger partial charge is 0.380 e. The average molecular weight is 183 g/mol. The van der Waals surface area contributed by atoms with Gasteiger partial charge in [0.15, 0.2) is 0 Å². The molecule has 1 heterocycles. The second kappa shape index (κ2) is 9.49. The molecule has 1 saturated heterocycles. The van der Waals surface area contributed by atoms with Gasteiger partial charge in [-0.3, -0.25) is 0 Å². The lowest BCUT2D eigenvalue weighted by atomic mass is 10.4. The molecule has 0 amide bonds. The summed E-state index contributed by atoms with van der Waals surface area (Å²) in [6, 6.07) is 0. The molecule has 1 rings (SSSR count). The van der Waals surface area contributed by atoms with Crippen LogP contribution in [0.2, 0.25) is 0 Å². The van der Waals surface area contributed by atoms with Crippen LogP contribution in [0.15, 0.2) is 24.8 Å². The Morgan fingerprint density at radius 2 is 2.08 bits per heavy atom. The second-order valence-corrected chi connectivity index (χ2v) is 3.03. The monoisotopic (exact) mass is 183 g/mol. The maximum Gasteiger partial charge on any atom is 0.0593 e. The van der Waals surface area contributed by atoms with Crippen molar-refractivity contribution in [2.45, 2.75) is 13.3 Å². The van der Waals surface area contributed by atoms with E-state index in [1.165, 1.54) is 13.0 Å². The minimum Gasteiger partial charge on any atom is -0.380 e. The number of nitrogens with zero attached hydrogens (tertiary/aromatic N) is 1. The lowest BCUT2D eigenvalue weighted by molar-refractivity contribution is 0.144. The maximum atomic E-state index is 5.22. The number of allylic oxidation sites excluding steroid dienone is 3.